The number of para-hydroxylation sites is 1. The molecule has 3 heterocycles. The third-order valence-electron chi connectivity index (χ3n) is 4.96. The van der Waals surface area contributed by atoms with Gasteiger partial charge in [-0.2, -0.15) is 4.98 Å². The Morgan fingerprint density at radius 2 is 2.20 bits per heavy atom. The molecule has 6 heteroatoms. The molecule has 0 aliphatic carbocycles. The Kier molecular flexibility index (Phi) is 4.03. The van der Waals surface area contributed by atoms with Crippen molar-refractivity contribution in [3.8, 4) is 0 Å². The number of aryl methyl sites for hydroxylation is 2. The highest BCUT2D eigenvalue weighted by Crippen LogP contribution is 2.27. The van der Waals surface area contributed by atoms with Crippen LogP contribution < -0.4 is 0 Å². The number of nitrogens with zero attached hydrogens (tertiary/aromatic N) is 4. The molecule has 1 amide bonds. The van der Waals surface area contributed by atoms with E-state index in [1.54, 1.807) is 6.92 Å². The highest BCUT2D eigenvalue weighted by molar-refractivity contribution is 5.98. The summed E-state index contributed by atoms with van der Waals surface area (Å²) >= 11 is 0. The molecule has 130 valence electrons. The lowest BCUT2D eigenvalue weighted by Crippen LogP contribution is -2.40. The Balaban J connectivity index is 1.62. The number of amides is 1. The summed E-state index contributed by atoms with van der Waals surface area (Å²) < 4.78 is 7.20. The van der Waals surface area contributed by atoms with E-state index in [1.807, 2.05) is 23.1 Å². The minimum atomic E-state index is 0.0861. The summed E-state index contributed by atoms with van der Waals surface area (Å²) in [5.41, 5.74) is 1.87. The molecule has 2 aromatic heterocycles. The van der Waals surface area contributed by atoms with Crippen molar-refractivity contribution in [3.05, 3.63) is 47.7 Å². The number of fused-ring (bicyclic) bond motifs is 1. The van der Waals surface area contributed by atoms with Crippen molar-refractivity contribution in [2.45, 2.75) is 39.2 Å². The van der Waals surface area contributed by atoms with Gasteiger partial charge in [0.15, 0.2) is 5.82 Å². The average molecular weight is 338 g/mol. The smallest absolute Gasteiger partial charge is 0.270 e. The number of piperidine rings is 1. The second-order valence-corrected chi connectivity index (χ2v) is 6.59. The zero-order valence-electron chi connectivity index (χ0n) is 14.6. The topological polar surface area (TPSA) is 64.2 Å². The lowest BCUT2D eigenvalue weighted by Gasteiger charge is -2.31. The van der Waals surface area contributed by atoms with Gasteiger partial charge in [0, 0.05) is 43.4 Å². The summed E-state index contributed by atoms with van der Waals surface area (Å²) in [5, 5.41) is 5.15. The molecule has 1 aliphatic rings. The highest BCUT2D eigenvalue weighted by Gasteiger charge is 2.29. The molecule has 3 aromatic rings. The Morgan fingerprint density at radius 3 is 2.96 bits per heavy atom. The van der Waals surface area contributed by atoms with E-state index in [9.17, 15) is 4.79 Å². The molecule has 1 aliphatic heterocycles. The Labute approximate surface area is 146 Å². The number of carbonyl (C=O) groups excluding carboxylic acids is 1. The minimum Gasteiger partial charge on any atom is -0.340 e. The standard InChI is InChI=1S/C19H22N4O2/c1-3-23-16-9-5-4-7-14(16)11-17(23)19(24)22-10-6-8-15(12-22)18-20-13(2)25-21-18/h4-5,7,9,11,15H,3,6,8,10,12H2,1-2H3/t15-/m1/s1. The first-order valence-corrected chi connectivity index (χ1v) is 8.85. The van der Waals surface area contributed by atoms with Crippen LogP contribution in [0.15, 0.2) is 34.9 Å². The first-order chi connectivity index (χ1) is 12.2. The first kappa shape index (κ1) is 15.9. The van der Waals surface area contributed by atoms with E-state index in [1.165, 1.54) is 0 Å². The molecule has 0 radical (unpaired) electrons. The molecule has 0 spiro atoms. The van der Waals surface area contributed by atoms with Crippen LogP contribution >= 0.6 is 0 Å². The van der Waals surface area contributed by atoms with E-state index >= 15 is 0 Å². The van der Waals surface area contributed by atoms with E-state index in [0.717, 1.165) is 42.5 Å². The number of hydrogen-bond donors (Lipinski definition) is 0. The summed E-state index contributed by atoms with van der Waals surface area (Å²) in [6.45, 7) is 6.06. The van der Waals surface area contributed by atoms with Crippen molar-refractivity contribution in [2.75, 3.05) is 13.1 Å². The maximum Gasteiger partial charge on any atom is 0.270 e. The number of aromatic nitrogens is 3. The van der Waals surface area contributed by atoms with Crippen LogP contribution in [0.5, 0.6) is 0 Å². The van der Waals surface area contributed by atoms with Gasteiger partial charge in [0.1, 0.15) is 5.69 Å². The van der Waals surface area contributed by atoms with Gasteiger partial charge >= 0.3 is 0 Å². The van der Waals surface area contributed by atoms with Gasteiger partial charge in [-0.15, -0.1) is 0 Å². The molecule has 0 bridgehead atoms. The molecule has 1 atom stereocenters. The van der Waals surface area contributed by atoms with Gasteiger partial charge in [0.2, 0.25) is 5.89 Å². The van der Waals surface area contributed by atoms with Crippen LogP contribution in [0.1, 0.15) is 47.9 Å². The second-order valence-electron chi connectivity index (χ2n) is 6.59. The van der Waals surface area contributed by atoms with Gasteiger partial charge in [-0.3, -0.25) is 4.79 Å². The highest BCUT2D eigenvalue weighted by atomic mass is 16.5. The predicted octanol–water partition coefficient (Wildman–Crippen LogP) is 3.37. The average Bonchev–Trinajstić information content (AvgIpc) is 3.24. The molecule has 6 nitrogen and oxygen atoms in total. The zero-order chi connectivity index (χ0) is 17.4. The molecule has 1 aromatic carbocycles. The van der Waals surface area contributed by atoms with Gasteiger partial charge < -0.3 is 14.0 Å². The number of hydrogen-bond acceptors (Lipinski definition) is 4. The van der Waals surface area contributed by atoms with Crippen LogP contribution in [0.2, 0.25) is 0 Å². The van der Waals surface area contributed by atoms with E-state index in [0.29, 0.717) is 18.3 Å². The molecule has 4 rings (SSSR count). The van der Waals surface area contributed by atoms with Crippen LogP contribution in [-0.2, 0) is 6.54 Å². The van der Waals surface area contributed by atoms with E-state index in [4.69, 9.17) is 4.52 Å². The molecular weight excluding hydrogens is 316 g/mol. The SMILES string of the molecule is CCn1c(C(=O)N2CCC[C@@H](c3noc(C)n3)C2)cc2ccccc21. The largest absolute Gasteiger partial charge is 0.340 e. The second kappa shape index (κ2) is 6.35. The van der Waals surface area contributed by atoms with Crippen LogP contribution in [-0.4, -0.2) is 38.6 Å². The van der Waals surface area contributed by atoms with E-state index in [2.05, 4.69) is 33.8 Å². The summed E-state index contributed by atoms with van der Waals surface area (Å²) in [4.78, 5) is 19.5. The van der Waals surface area contributed by atoms with Gasteiger partial charge in [0.05, 0.1) is 0 Å². The normalized spacial score (nSPS) is 18.0. The summed E-state index contributed by atoms with van der Waals surface area (Å²) in [6, 6.07) is 10.1. The van der Waals surface area contributed by atoms with Crippen LogP contribution in [0, 0.1) is 6.92 Å². The Morgan fingerprint density at radius 1 is 1.36 bits per heavy atom. The lowest BCUT2D eigenvalue weighted by molar-refractivity contribution is 0.0693. The molecule has 0 saturated carbocycles. The van der Waals surface area contributed by atoms with E-state index < -0.39 is 0 Å². The molecule has 0 N–H and O–H groups in total. The first-order valence-electron chi connectivity index (χ1n) is 8.85. The fourth-order valence-electron chi connectivity index (χ4n) is 3.74. The van der Waals surface area contributed by atoms with Gasteiger partial charge in [-0.1, -0.05) is 23.4 Å². The van der Waals surface area contributed by atoms with Crippen LogP contribution in [0.4, 0.5) is 0 Å². The zero-order valence-corrected chi connectivity index (χ0v) is 14.6. The fourth-order valence-corrected chi connectivity index (χ4v) is 3.74. The third-order valence-corrected chi connectivity index (χ3v) is 4.96. The summed E-state index contributed by atoms with van der Waals surface area (Å²) in [5.74, 6) is 1.52. The lowest BCUT2D eigenvalue weighted by atomic mass is 9.97. The molecule has 25 heavy (non-hydrogen) atoms. The van der Waals surface area contributed by atoms with Crippen molar-refractivity contribution in [3.63, 3.8) is 0 Å². The maximum absolute atomic E-state index is 13.2. The van der Waals surface area contributed by atoms with Gasteiger partial charge in [-0.05, 0) is 31.9 Å². The van der Waals surface area contributed by atoms with Crippen molar-refractivity contribution < 1.29 is 9.32 Å². The quantitative estimate of drug-likeness (QED) is 0.734. The van der Waals surface area contributed by atoms with Gasteiger partial charge in [0.25, 0.3) is 5.91 Å². The fraction of sp³-hybridized carbons (Fsp3) is 0.421. The van der Waals surface area contributed by atoms with Crippen molar-refractivity contribution in [2.24, 2.45) is 0 Å². The van der Waals surface area contributed by atoms with Crippen LogP contribution in [0.3, 0.4) is 0 Å². The summed E-state index contributed by atoms with van der Waals surface area (Å²) in [6.07, 6.45) is 1.94. The molecule has 0 unspecified atom stereocenters. The summed E-state index contributed by atoms with van der Waals surface area (Å²) in [7, 11) is 0. The van der Waals surface area contributed by atoms with Gasteiger partial charge in [-0.25, -0.2) is 0 Å². The van der Waals surface area contributed by atoms with Crippen molar-refractivity contribution in [1.29, 1.82) is 0 Å². The Hall–Kier alpha value is -2.63. The Bertz CT molecular complexity index is 911. The number of likely N-dealkylation sites (tertiary alicyclic amines) is 1. The predicted molar refractivity (Wildman–Crippen MR) is 94.5 cm³/mol. The maximum atomic E-state index is 13.2. The van der Waals surface area contributed by atoms with Crippen molar-refractivity contribution in [1.82, 2.24) is 19.6 Å². The third kappa shape index (κ3) is 2.81. The number of carbonyl (C=O) groups is 1. The molecule has 1 fully saturated rings. The number of rotatable bonds is 3. The van der Waals surface area contributed by atoms with E-state index in [-0.39, 0.29) is 11.8 Å². The molecule has 1 saturated heterocycles. The van der Waals surface area contributed by atoms with Crippen LogP contribution in [0.25, 0.3) is 10.9 Å². The minimum absolute atomic E-state index is 0.0861. The van der Waals surface area contributed by atoms with Crippen molar-refractivity contribution >= 4 is 16.8 Å². The number of benzene rings is 1. The molecular formula is C19H22N4O2. The monoisotopic (exact) mass is 338 g/mol.